The van der Waals surface area contributed by atoms with Crippen molar-refractivity contribution in [3.63, 3.8) is 0 Å². The third-order valence-corrected chi connectivity index (χ3v) is 2.86. The molecule has 0 aromatic heterocycles. The molecule has 1 aromatic carbocycles. The number of hydrogen-bond acceptors (Lipinski definition) is 1. The van der Waals surface area contributed by atoms with Crippen LogP contribution in [0.4, 0.5) is 5.69 Å². The number of carbonyl (C=O) groups is 1. The molecule has 0 saturated carbocycles. The quantitative estimate of drug-likeness (QED) is 0.743. The lowest BCUT2D eigenvalue weighted by Crippen LogP contribution is -2.33. The molecule has 1 aromatic rings. The van der Waals surface area contributed by atoms with E-state index in [-0.39, 0.29) is 11.8 Å². The predicted octanol–water partition coefficient (Wildman–Crippen LogP) is 2.94. The Morgan fingerprint density at radius 3 is 2.13 bits per heavy atom. The first kappa shape index (κ1) is 11.8. The van der Waals surface area contributed by atoms with Gasteiger partial charge < -0.3 is 4.90 Å². The second-order valence-corrected chi connectivity index (χ2v) is 4.27. The van der Waals surface area contributed by atoms with Crippen molar-refractivity contribution in [1.29, 1.82) is 0 Å². The van der Waals surface area contributed by atoms with Gasteiger partial charge in [-0.3, -0.25) is 4.79 Å². The Hall–Kier alpha value is -1.31. The van der Waals surface area contributed by atoms with E-state index < -0.39 is 0 Å². The number of nitrogens with zero attached hydrogens (tertiary/aromatic N) is 1. The molecule has 2 nitrogen and oxygen atoms in total. The first-order valence-electron chi connectivity index (χ1n) is 5.36. The highest BCUT2D eigenvalue weighted by Crippen LogP contribution is 2.18. The second kappa shape index (κ2) is 4.96. The molecule has 0 aliphatic carbocycles. The molecule has 0 radical (unpaired) electrons. The molecule has 0 aliphatic rings. The monoisotopic (exact) mass is 205 g/mol. The van der Waals surface area contributed by atoms with Crippen molar-refractivity contribution in [3.05, 3.63) is 30.3 Å². The lowest BCUT2D eigenvalue weighted by Gasteiger charge is -2.23. The summed E-state index contributed by atoms with van der Waals surface area (Å²) in [5.74, 6) is 0.620. The number of amides is 1. The van der Waals surface area contributed by atoms with Gasteiger partial charge in [0.1, 0.15) is 0 Å². The van der Waals surface area contributed by atoms with Gasteiger partial charge in [0, 0.05) is 18.7 Å². The van der Waals surface area contributed by atoms with Crippen LogP contribution < -0.4 is 4.90 Å². The minimum Gasteiger partial charge on any atom is -0.315 e. The number of anilines is 1. The van der Waals surface area contributed by atoms with Gasteiger partial charge in [0.2, 0.25) is 5.91 Å². The molecule has 0 unspecified atom stereocenters. The summed E-state index contributed by atoms with van der Waals surface area (Å²) in [6.45, 7) is 6.12. The molecular weight excluding hydrogens is 186 g/mol. The van der Waals surface area contributed by atoms with Gasteiger partial charge in [0.25, 0.3) is 0 Å². The minimum atomic E-state index is 0.0650. The van der Waals surface area contributed by atoms with Crippen LogP contribution in [0.5, 0.6) is 0 Å². The molecule has 1 amide bonds. The van der Waals surface area contributed by atoms with E-state index in [9.17, 15) is 4.79 Å². The maximum Gasteiger partial charge on any atom is 0.229 e. The van der Waals surface area contributed by atoms with Crippen LogP contribution in [0.2, 0.25) is 0 Å². The van der Waals surface area contributed by atoms with Crippen LogP contribution in [-0.4, -0.2) is 13.0 Å². The lowest BCUT2D eigenvalue weighted by atomic mass is 9.96. The van der Waals surface area contributed by atoms with Gasteiger partial charge in [-0.2, -0.15) is 0 Å². The van der Waals surface area contributed by atoms with Gasteiger partial charge in [0.05, 0.1) is 0 Å². The first-order chi connectivity index (χ1) is 7.04. The normalized spacial score (nSPS) is 12.6. The zero-order chi connectivity index (χ0) is 11.4. The van der Waals surface area contributed by atoms with E-state index >= 15 is 0 Å². The van der Waals surface area contributed by atoms with E-state index in [2.05, 4.69) is 13.8 Å². The highest BCUT2D eigenvalue weighted by molar-refractivity contribution is 5.94. The largest absolute Gasteiger partial charge is 0.315 e. The summed E-state index contributed by atoms with van der Waals surface area (Å²) < 4.78 is 0. The van der Waals surface area contributed by atoms with Crippen molar-refractivity contribution in [2.24, 2.45) is 11.8 Å². The molecule has 1 atom stereocenters. The van der Waals surface area contributed by atoms with Crippen molar-refractivity contribution in [3.8, 4) is 0 Å². The van der Waals surface area contributed by atoms with Crippen LogP contribution in [0.3, 0.4) is 0 Å². The molecule has 0 N–H and O–H groups in total. The van der Waals surface area contributed by atoms with Crippen molar-refractivity contribution in [2.45, 2.75) is 20.8 Å². The molecule has 0 spiro atoms. The number of hydrogen-bond donors (Lipinski definition) is 0. The Kier molecular flexibility index (Phi) is 3.89. The van der Waals surface area contributed by atoms with Gasteiger partial charge >= 0.3 is 0 Å². The molecule has 2 heteroatoms. The highest BCUT2D eigenvalue weighted by Gasteiger charge is 2.20. The van der Waals surface area contributed by atoms with Crippen molar-refractivity contribution >= 4 is 11.6 Å². The van der Waals surface area contributed by atoms with Crippen molar-refractivity contribution in [2.75, 3.05) is 11.9 Å². The fourth-order valence-corrected chi connectivity index (χ4v) is 1.37. The van der Waals surface area contributed by atoms with Crippen molar-refractivity contribution in [1.82, 2.24) is 0 Å². The molecular formula is C13H19NO. The van der Waals surface area contributed by atoms with Crippen LogP contribution in [0.25, 0.3) is 0 Å². The van der Waals surface area contributed by atoms with E-state index in [4.69, 9.17) is 0 Å². The summed E-state index contributed by atoms with van der Waals surface area (Å²) in [6, 6.07) is 9.74. The third-order valence-electron chi connectivity index (χ3n) is 2.86. The maximum absolute atomic E-state index is 12.0. The van der Waals surface area contributed by atoms with Gasteiger partial charge in [-0.15, -0.1) is 0 Å². The summed E-state index contributed by atoms with van der Waals surface area (Å²) in [5.41, 5.74) is 0.954. The fraction of sp³-hybridized carbons (Fsp3) is 0.462. The summed E-state index contributed by atoms with van der Waals surface area (Å²) in [5, 5.41) is 0. The predicted molar refractivity (Wildman–Crippen MR) is 63.9 cm³/mol. The zero-order valence-electron chi connectivity index (χ0n) is 9.90. The average Bonchev–Trinajstić information content (AvgIpc) is 2.27. The third kappa shape index (κ3) is 2.82. The molecule has 0 saturated heterocycles. The zero-order valence-corrected chi connectivity index (χ0v) is 9.90. The molecule has 0 heterocycles. The Morgan fingerprint density at radius 1 is 1.13 bits per heavy atom. The van der Waals surface area contributed by atoms with E-state index in [1.807, 2.05) is 44.3 Å². The van der Waals surface area contributed by atoms with Crippen LogP contribution in [0.1, 0.15) is 20.8 Å². The molecule has 1 rings (SSSR count). The van der Waals surface area contributed by atoms with Gasteiger partial charge in [-0.25, -0.2) is 0 Å². The second-order valence-electron chi connectivity index (χ2n) is 4.27. The molecule has 82 valence electrons. The van der Waals surface area contributed by atoms with Crippen LogP contribution in [-0.2, 0) is 4.79 Å². The Balaban J connectivity index is 2.78. The Labute approximate surface area is 91.9 Å². The molecule has 0 aliphatic heterocycles. The first-order valence-corrected chi connectivity index (χ1v) is 5.36. The number of benzene rings is 1. The highest BCUT2D eigenvalue weighted by atomic mass is 16.2. The standard InChI is InChI=1S/C13H19NO/c1-10(2)11(3)13(15)14(4)12-8-6-5-7-9-12/h5-11H,1-4H3/t11-/m0/s1. The summed E-state index contributed by atoms with van der Waals surface area (Å²) >= 11 is 0. The Morgan fingerprint density at radius 2 is 1.67 bits per heavy atom. The Bertz CT molecular complexity index is 319. The van der Waals surface area contributed by atoms with Gasteiger partial charge in [0.15, 0.2) is 0 Å². The van der Waals surface area contributed by atoms with E-state index in [1.165, 1.54) is 0 Å². The topological polar surface area (TPSA) is 20.3 Å². The SMILES string of the molecule is CC(C)[C@H](C)C(=O)N(C)c1ccccc1. The van der Waals surface area contributed by atoms with Gasteiger partial charge in [-0.05, 0) is 18.1 Å². The molecule has 0 fully saturated rings. The van der Waals surface area contributed by atoms with E-state index in [0.717, 1.165) is 5.69 Å². The smallest absolute Gasteiger partial charge is 0.229 e. The van der Waals surface area contributed by atoms with Crippen molar-refractivity contribution < 1.29 is 4.79 Å². The lowest BCUT2D eigenvalue weighted by molar-refractivity contribution is -0.122. The minimum absolute atomic E-state index is 0.0650. The maximum atomic E-state index is 12.0. The average molecular weight is 205 g/mol. The molecule has 0 bridgehead atoms. The summed E-state index contributed by atoms with van der Waals surface area (Å²) in [7, 11) is 1.83. The van der Waals surface area contributed by atoms with Crippen LogP contribution in [0, 0.1) is 11.8 Å². The fourth-order valence-electron chi connectivity index (χ4n) is 1.37. The molecule has 15 heavy (non-hydrogen) atoms. The van der Waals surface area contributed by atoms with E-state index in [1.54, 1.807) is 4.90 Å². The number of para-hydroxylation sites is 1. The van der Waals surface area contributed by atoms with E-state index in [0.29, 0.717) is 5.92 Å². The van der Waals surface area contributed by atoms with Gasteiger partial charge in [-0.1, -0.05) is 39.0 Å². The summed E-state index contributed by atoms with van der Waals surface area (Å²) in [4.78, 5) is 13.7. The number of carbonyl (C=O) groups excluding carboxylic acids is 1. The van der Waals surface area contributed by atoms with Crippen LogP contribution >= 0.6 is 0 Å². The summed E-state index contributed by atoms with van der Waals surface area (Å²) in [6.07, 6.45) is 0. The van der Waals surface area contributed by atoms with Crippen LogP contribution in [0.15, 0.2) is 30.3 Å². The number of rotatable bonds is 3.